The normalized spacial score (nSPS) is 26.6. The lowest BCUT2D eigenvalue weighted by Crippen LogP contribution is -2.39. The van der Waals surface area contributed by atoms with Crippen LogP contribution in [0.2, 0.25) is 0 Å². The van der Waals surface area contributed by atoms with Gasteiger partial charge in [-0.2, -0.15) is 0 Å². The van der Waals surface area contributed by atoms with Gasteiger partial charge in [0.1, 0.15) is 5.78 Å². The van der Waals surface area contributed by atoms with Gasteiger partial charge < -0.3 is 10.6 Å². The zero-order chi connectivity index (χ0) is 24.5. The van der Waals surface area contributed by atoms with Crippen LogP contribution in [0.15, 0.2) is 23.0 Å². The van der Waals surface area contributed by atoms with E-state index in [-0.39, 0.29) is 23.7 Å². The molecule has 3 aliphatic rings. The maximum atomic E-state index is 13.1. The minimum Gasteiger partial charge on any atom is -0.328 e. The van der Waals surface area contributed by atoms with E-state index >= 15 is 0 Å². The Balaban J connectivity index is 1.30. The SMILES string of the molecule is Cn1c(=O)n(C2CCC(=O)CC2=O)c2cccc(C#CC3CCN(CC4CCC(N)CC4)CC3)c21. The summed E-state index contributed by atoms with van der Waals surface area (Å²) in [5, 5.41) is 0. The fourth-order valence-corrected chi connectivity index (χ4v) is 6.15. The molecule has 0 radical (unpaired) electrons. The van der Waals surface area contributed by atoms with E-state index in [0.717, 1.165) is 61.3 Å². The molecule has 0 spiro atoms. The maximum absolute atomic E-state index is 13.1. The molecule has 7 heteroatoms. The van der Waals surface area contributed by atoms with Crippen LogP contribution in [0, 0.1) is 23.7 Å². The van der Waals surface area contributed by atoms with Gasteiger partial charge in [0.25, 0.3) is 0 Å². The van der Waals surface area contributed by atoms with Crippen LogP contribution in [0.25, 0.3) is 11.0 Å². The van der Waals surface area contributed by atoms with Crippen LogP contribution < -0.4 is 11.4 Å². The van der Waals surface area contributed by atoms with E-state index in [1.807, 2.05) is 18.2 Å². The lowest BCUT2D eigenvalue weighted by atomic mass is 9.85. The van der Waals surface area contributed by atoms with Crippen LogP contribution >= 0.6 is 0 Å². The smallest absolute Gasteiger partial charge is 0.328 e. The molecule has 186 valence electrons. The molecule has 1 aliphatic heterocycles. The Kier molecular flexibility index (Phi) is 6.95. The predicted octanol–water partition coefficient (Wildman–Crippen LogP) is 2.78. The van der Waals surface area contributed by atoms with Crippen LogP contribution in [-0.4, -0.2) is 51.3 Å². The summed E-state index contributed by atoms with van der Waals surface area (Å²) in [7, 11) is 1.74. The van der Waals surface area contributed by atoms with Gasteiger partial charge in [0, 0.05) is 32.0 Å². The van der Waals surface area contributed by atoms with E-state index in [1.54, 1.807) is 16.2 Å². The zero-order valence-electron chi connectivity index (χ0n) is 20.7. The van der Waals surface area contributed by atoms with Gasteiger partial charge in [0.2, 0.25) is 0 Å². The number of Topliss-reactive ketones (excluding diaryl/α,β-unsaturated/α-hetero) is 2. The van der Waals surface area contributed by atoms with Gasteiger partial charge >= 0.3 is 5.69 Å². The summed E-state index contributed by atoms with van der Waals surface area (Å²) in [6.07, 6.45) is 7.62. The molecular formula is C28H36N4O3. The highest BCUT2D eigenvalue weighted by atomic mass is 16.2. The molecule has 1 unspecified atom stereocenters. The third-order valence-electron chi connectivity index (χ3n) is 8.26. The molecule has 3 fully saturated rings. The number of rotatable bonds is 3. The molecule has 2 aromatic rings. The van der Waals surface area contributed by atoms with Gasteiger partial charge in [-0.15, -0.1) is 0 Å². The summed E-state index contributed by atoms with van der Waals surface area (Å²) in [5.74, 6) is 7.77. The van der Waals surface area contributed by atoms with Gasteiger partial charge in [-0.1, -0.05) is 17.9 Å². The van der Waals surface area contributed by atoms with E-state index in [9.17, 15) is 14.4 Å². The molecule has 2 heterocycles. The third kappa shape index (κ3) is 5.00. The van der Waals surface area contributed by atoms with Crippen molar-refractivity contribution in [3.8, 4) is 11.8 Å². The third-order valence-corrected chi connectivity index (χ3v) is 8.26. The van der Waals surface area contributed by atoms with E-state index in [2.05, 4.69) is 16.7 Å². The average molecular weight is 477 g/mol. The van der Waals surface area contributed by atoms with Crippen molar-refractivity contribution < 1.29 is 9.59 Å². The molecule has 35 heavy (non-hydrogen) atoms. The number of carbonyl (C=O) groups is 2. The summed E-state index contributed by atoms with van der Waals surface area (Å²) in [6, 6.07) is 5.56. The number of benzene rings is 1. The molecule has 1 aromatic heterocycles. The van der Waals surface area contributed by atoms with Gasteiger partial charge in [-0.25, -0.2) is 4.79 Å². The van der Waals surface area contributed by atoms with Crippen LogP contribution in [0.3, 0.4) is 0 Å². The van der Waals surface area contributed by atoms with Crippen molar-refractivity contribution in [3.63, 3.8) is 0 Å². The van der Waals surface area contributed by atoms with Crippen LogP contribution in [0.1, 0.15) is 69.4 Å². The molecule has 0 bridgehead atoms. The molecule has 2 saturated carbocycles. The molecule has 2 aliphatic carbocycles. The number of piperidine rings is 1. The molecule has 1 saturated heterocycles. The highest BCUT2D eigenvalue weighted by molar-refractivity contribution is 6.03. The zero-order valence-corrected chi connectivity index (χ0v) is 20.7. The highest BCUT2D eigenvalue weighted by Crippen LogP contribution is 2.28. The molecule has 0 amide bonds. The fraction of sp³-hybridized carbons (Fsp3) is 0.607. The van der Waals surface area contributed by atoms with Gasteiger partial charge in [0.05, 0.1) is 29.1 Å². The Labute approximate surface area is 206 Å². The highest BCUT2D eigenvalue weighted by Gasteiger charge is 2.31. The topological polar surface area (TPSA) is 90.3 Å². The molecule has 1 aromatic carbocycles. The van der Waals surface area contributed by atoms with Crippen LogP contribution in [0.5, 0.6) is 0 Å². The number of nitrogens with two attached hydrogens (primary N) is 1. The van der Waals surface area contributed by atoms with E-state index in [0.29, 0.717) is 24.8 Å². The van der Waals surface area contributed by atoms with E-state index < -0.39 is 6.04 Å². The monoisotopic (exact) mass is 476 g/mol. The van der Waals surface area contributed by atoms with Crippen molar-refractivity contribution in [2.24, 2.45) is 24.6 Å². The van der Waals surface area contributed by atoms with Crippen molar-refractivity contribution in [1.29, 1.82) is 0 Å². The number of aromatic nitrogens is 2. The van der Waals surface area contributed by atoms with Crippen molar-refractivity contribution in [3.05, 3.63) is 34.2 Å². The largest absolute Gasteiger partial charge is 0.329 e. The second-order valence-corrected chi connectivity index (χ2v) is 10.7. The Morgan fingerprint density at radius 2 is 1.74 bits per heavy atom. The van der Waals surface area contributed by atoms with E-state index in [4.69, 9.17) is 5.73 Å². The summed E-state index contributed by atoms with van der Waals surface area (Å²) in [4.78, 5) is 40.0. The molecule has 5 rings (SSSR count). The maximum Gasteiger partial charge on any atom is 0.329 e. The second kappa shape index (κ2) is 10.1. The lowest BCUT2D eigenvalue weighted by molar-refractivity contribution is -0.132. The quantitative estimate of drug-likeness (QED) is 0.544. The first-order valence-corrected chi connectivity index (χ1v) is 13.1. The number of likely N-dealkylation sites (tertiary alicyclic amines) is 1. The molecule has 7 nitrogen and oxygen atoms in total. The first-order valence-electron chi connectivity index (χ1n) is 13.1. The first-order chi connectivity index (χ1) is 16.9. The van der Waals surface area contributed by atoms with Crippen molar-refractivity contribution in [1.82, 2.24) is 14.0 Å². The van der Waals surface area contributed by atoms with Crippen molar-refractivity contribution in [2.45, 2.75) is 69.9 Å². The van der Waals surface area contributed by atoms with Gasteiger partial charge in [0.15, 0.2) is 5.78 Å². The lowest BCUT2D eigenvalue weighted by Gasteiger charge is -2.35. The number of hydrogen-bond acceptors (Lipinski definition) is 5. The number of nitrogens with zero attached hydrogens (tertiary/aromatic N) is 3. The number of para-hydroxylation sites is 1. The van der Waals surface area contributed by atoms with Crippen LogP contribution in [-0.2, 0) is 16.6 Å². The Hall–Kier alpha value is -2.69. The molecule has 1 atom stereocenters. The predicted molar refractivity (Wildman–Crippen MR) is 136 cm³/mol. The van der Waals surface area contributed by atoms with E-state index in [1.165, 1.54) is 19.4 Å². The van der Waals surface area contributed by atoms with Crippen molar-refractivity contribution in [2.75, 3.05) is 19.6 Å². The Morgan fingerprint density at radius 1 is 1.00 bits per heavy atom. The summed E-state index contributed by atoms with van der Waals surface area (Å²) < 4.78 is 3.17. The molecular weight excluding hydrogens is 440 g/mol. The molecule has 2 N–H and O–H groups in total. The number of imidazole rings is 1. The first kappa shape index (κ1) is 24.0. The summed E-state index contributed by atoms with van der Waals surface area (Å²) in [5.41, 5.74) is 8.14. The summed E-state index contributed by atoms with van der Waals surface area (Å²) >= 11 is 0. The minimum atomic E-state index is -0.573. The number of hydrogen-bond donors (Lipinski definition) is 1. The Bertz CT molecular complexity index is 1230. The number of fused-ring (bicyclic) bond motifs is 1. The van der Waals surface area contributed by atoms with Gasteiger partial charge in [-0.3, -0.25) is 18.7 Å². The number of ketones is 2. The Morgan fingerprint density at radius 3 is 2.46 bits per heavy atom. The number of aryl methyl sites for hydroxylation is 1. The standard InChI is InChI=1S/C28H36N4O3/c1-30-27-21(3-2-4-25(27)32(28(30)35)24-12-11-23(33)17-26(24)34)8-5-19-13-15-31(16-14-19)18-20-6-9-22(29)10-7-20/h2-4,19-20,22,24H,6-7,9-18,29H2,1H3. The van der Waals surface area contributed by atoms with Crippen molar-refractivity contribution >= 4 is 22.6 Å². The fourth-order valence-electron chi connectivity index (χ4n) is 6.15. The average Bonchev–Trinajstić information content (AvgIpc) is 3.11. The summed E-state index contributed by atoms with van der Waals surface area (Å²) in [6.45, 7) is 3.36. The van der Waals surface area contributed by atoms with Gasteiger partial charge in [-0.05, 0) is 76.1 Å². The minimum absolute atomic E-state index is 0.0416. The number of carbonyl (C=O) groups excluding carboxylic acids is 2. The van der Waals surface area contributed by atoms with Crippen LogP contribution in [0.4, 0.5) is 0 Å². The second-order valence-electron chi connectivity index (χ2n) is 10.7.